The van der Waals surface area contributed by atoms with Gasteiger partial charge in [0.25, 0.3) is 0 Å². The number of aryl methyl sites for hydroxylation is 2. The molecule has 1 aliphatic rings. The molecular formula is C19H22O2. The van der Waals surface area contributed by atoms with Gasteiger partial charge in [-0.15, -0.1) is 0 Å². The fourth-order valence-corrected chi connectivity index (χ4v) is 2.96. The number of hydrogen-bond donors (Lipinski definition) is 1. The van der Waals surface area contributed by atoms with Crippen LogP contribution in [0.2, 0.25) is 0 Å². The Morgan fingerprint density at radius 3 is 2.29 bits per heavy atom. The summed E-state index contributed by atoms with van der Waals surface area (Å²) in [5.74, 6) is 0.843. The van der Waals surface area contributed by atoms with E-state index in [1.807, 2.05) is 44.2 Å². The van der Waals surface area contributed by atoms with E-state index in [1.54, 1.807) is 0 Å². The molecule has 110 valence electrons. The molecule has 1 N–H and O–H groups in total. The largest absolute Gasteiger partial charge is 0.491 e. The molecule has 2 nitrogen and oxygen atoms in total. The standard InChI is InChI=1S/C19H22O2/c1-13(2)21-18-10-8-15(9-11-18)19(20)17-7-6-14-4-3-5-16(14)12-17/h6-13,19-20H,3-5H2,1-2H3. The zero-order valence-electron chi connectivity index (χ0n) is 12.7. The fraction of sp³-hybridized carbons (Fsp3) is 0.368. The minimum atomic E-state index is -0.566. The molecule has 1 unspecified atom stereocenters. The average Bonchev–Trinajstić information content (AvgIpc) is 2.94. The van der Waals surface area contributed by atoms with Gasteiger partial charge >= 0.3 is 0 Å². The van der Waals surface area contributed by atoms with E-state index < -0.39 is 6.10 Å². The van der Waals surface area contributed by atoms with E-state index in [0.717, 1.165) is 23.3 Å². The molecule has 0 saturated carbocycles. The molecule has 0 fully saturated rings. The third-order valence-corrected chi connectivity index (χ3v) is 4.01. The summed E-state index contributed by atoms with van der Waals surface area (Å²) >= 11 is 0. The Hall–Kier alpha value is -1.80. The summed E-state index contributed by atoms with van der Waals surface area (Å²) < 4.78 is 5.63. The lowest BCUT2D eigenvalue weighted by Crippen LogP contribution is -2.06. The van der Waals surface area contributed by atoms with Crippen LogP contribution in [0.3, 0.4) is 0 Å². The molecule has 2 heteroatoms. The average molecular weight is 282 g/mol. The van der Waals surface area contributed by atoms with E-state index in [1.165, 1.54) is 24.0 Å². The van der Waals surface area contributed by atoms with E-state index >= 15 is 0 Å². The van der Waals surface area contributed by atoms with Crippen LogP contribution in [-0.4, -0.2) is 11.2 Å². The lowest BCUT2D eigenvalue weighted by Gasteiger charge is -2.15. The summed E-state index contributed by atoms with van der Waals surface area (Å²) in [6.07, 6.45) is 3.14. The van der Waals surface area contributed by atoms with Crippen molar-refractivity contribution in [2.75, 3.05) is 0 Å². The Balaban J connectivity index is 1.79. The summed E-state index contributed by atoms with van der Waals surface area (Å²) in [7, 11) is 0. The van der Waals surface area contributed by atoms with Crippen molar-refractivity contribution in [2.45, 2.75) is 45.3 Å². The quantitative estimate of drug-likeness (QED) is 0.917. The van der Waals surface area contributed by atoms with Gasteiger partial charge in [0.15, 0.2) is 0 Å². The molecule has 2 aromatic rings. The molecule has 0 aliphatic heterocycles. The Labute approximate surface area is 126 Å². The maximum Gasteiger partial charge on any atom is 0.119 e. The van der Waals surface area contributed by atoms with Gasteiger partial charge in [-0.2, -0.15) is 0 Å². The zero-order chi connectivity index (χ0) is 14.8. The number of aliphatic hydroxyl groups excluding tert-OH is 1. The Morgan fingerprint density at radius 2 is 1.57 bits per heavy atom. The van der Waals surface area contributed by atoms with Gasteiger partial charge in [-0.25, -0.2) is 0 Å². The highest BCUT2D eigenvalue weighted by Crippen LogP contribution is 2.29. The van der Waals surface area contributed by atoms with Crippen LogP contribution in [-0.2, 0) is 12.8 Å². The third-order valence-electron chi connectivity index (χ3n) is 4.01. The van der Waals surface area contributed by atoms with Crippen molar-refractivity contribution in [3.63, 3.8) is 0 Å². The van der Waals surface area contributed by atoms with Crippen molar-refractivity contribution >= 4 is 0 Å². The van der Waals surface area contributed by atoms with E-state index in [0.29, 0.717) is 0 Å². The highest BCUT2D eigenvalue weighted by molar-refractivity contribution is 5.40. The molecule has 0 amide bonds. The van der Waals surface area contributed by atoms with Crippen LogP contribution in [0.5, 0.6) is 5.75 Å². The number of fused-ring (bicyclic) bond motifs is 1. The van der Waals surface area contributed by atoms with E-state index in [9.17, 15) is 5.11 Å². The number of aliphatic hydroxyl groups is 1. The normalized spacial score (nSPS) is 15.0. The predicted molar refractivity (Wildman–Crippen MR) is 84.7 cm³/mol. The lowest BCUT2D eigenvalue weighted by molar-refractivity contribution is 0.219. The summed E-state index contributed by atoms with van der Waals surface area (Å²) in [5.41, 5.74) is 4.72. The molecule has 0 saturated heterocycles. The second kappa shape index (κ2) is 5.90. The lowest BCUT2D eigenvalue weighted by atomic mass is 9.98. The Bertz CT molecular complexity index is 614. The smallest absolute Gasteiger partial charge is 0.119 e. The van der Waals surface area contributed by atoms with Crippen molar-refractivity contribution in [1.29, 1.82) is 0 Å². The maximum atomic E-state index is 10.6. The van der Waals surface area contributed by atoms with E-state index in [2.05, 4.69) is 12.1 Å². The van der Waals surface area contributed by atoms with Crippen LogP contribution >= 0.6 is 0 Å². The Kier molecular flexibility index (Phi) is 3.98. The SMILES string of the molecule is CC(C)Oc1ccc(C(O)c2ccc3c(c2)CCC3)cc1. The molecule has 2 aromatic carbocycles. The van der Waals surface area contributed by atoms with E-state index in [4.69, 9.17) is 4.74 Å². The fourth-order valence-electron chi connectivity index (χ4n) is 2.96. The van der Waals surface area contributed by atoms with Crippen LogP contribution in [0.4, 0.5) is 0 Å². The van der Waals surface area contributed by atoms with Crippen LogP contribution in [0, 0.1) is 0 Å². The molecule has 0 spiro atoms. The first-order chi connectivity index (χ1) is 10.1. The first kappa shape index (κ1) is 14.2. The summed E-state index contributed by atoms with van der Waals surface area (Å²) in [6, 6.07) is 14.1. The molecule has 0 aromatic heterocycles. The summed E-state index contributed by atoms with van der Waals surface area (Å²) in [5, 5.41) is 10.6. The van der Waals surface area contributed by atoms with Gasteiger partial charge in [-0.3, -0.25) is 0 Å². The molecule has 1 aliphatic carbocycles. The van der Waals surface area contributed by atoms with E-state index in [-0.39, 0.29) is 6.10 Å². The monoisotopic (exact) mass is 282 g/mol. The second-order valence-corrected chi connectivity index (χ2v) is 6.02. The zero-order valence-corrected chi connectivity index (χ0v) is 12.7. The third kappa shape index (κ3) is 3.11. The van der Waals surface area contributed by atoms with Gasteiger partial charge in [0.2, 0.25) is 0 Å². The molecule has 21 heavy (non-hydrogen) atoms. The van der Waals surface area contributed by atoms with Crippen molar-refractivity contribution < 1.29 is 9.84 Å². The molecule has 0 bridgehead atoms. The second-order valence-electron chi connectivity index (χ2n) is 6.02. The van der Waals surface area contributed by atoms with Crippen molar-refractivity contribution in [2.24, 2.45) is 0 Å². The minimum absolute atomic E-state index is 0.164. The maximum absolute atomic E-state index is 10.6. The van der Waals surface area contributed by atoms with Gasteiger partial charge in [0.1, 0.15) is 11.9 Å². The minimum Gasteiger partial charge on any atom is -0.491 e. The number of rotatable bonds is 4. The molecule has 0 heterocycles. The first-order valence-electron chi connectivity index (χ1n) is 7.70. The number of hydrogen-bond acceptors (Lipinski definition) is 2. The van der Waals surface area contributed by atoms with Crippen LogP contribution in [0.1, 0.15) is 48.6 Å². The first-order valence-corrected chi connectivity index (χ1v) is 7.70. The van der Waals surface area contributed by atoms with Gasteiger partial charge in [0.05, 0.1) is 6.10 Å². The molecule has 0 radical (unpaired) electrons. The van der Waals surface area contributed by atoms with Crippen molar-refractivity contribution in [1.82, 2.24) is 0 Å². The predicted octanol–water partition coefficient (Wildman–Crippen LogP) is 4.04. The summed E-state index contributed by atoms with van der Waals surface area (Å²) in [4.78, 5) is 0. The molecule has 3 rings (SSSR count). The van der Waals surface area contributed by atoms with Gasteiger partial charge in [0, 0.05) is 0 Å². The van der Waals surface area contributed by atoms with Gasteiger partial charge in [-0.05, 0) is 67.5 Å². The van der Waals surface area contributed by atoms with Crippen LogP contribution < -0.4 is 4.74 Å². The van der Waals surface area contributed by atoms with Crippen LogP contribution in [0.15, 0.2) is 42.5 Å². The molecule has 1 atom stereocenters. The van der Waals surface area contributed by atoms with Crippen molar-refractivity contribution in [3.8, 4) is 5.75 Å². The highest BCUT2D eigenvalue weighted by Gasteiger charge is 2.15. The Morgan fingerprint density at radius 1 is 0.905 bits per heavy atom. The number of benzene rings is 2. The van der Waals surface area contributed by atoms with Gasteiger partial charge < -0.3 is 9.84 Å². The van der Waals surface area contributed by atoms with Gasteiger partial charge in [-0.1, -0.05) is 30.3 Å². The number of ether oxygens (including phenoxy) is 1. The van der Waals surface area contributed by atoms with Crippen LogP contribution in [0.25, 0.3) is 0 Å². The highest BCUT2D eigenvalue weighted by atomic mass is 16.5. The summed E-state index contributed by atoms with van der Waals surface area (Å²) in [6.45, 7) is 4.01. The topological polar surface area (TPSA) is 29.5 Å². The molecular weight excluding hydrogens is 260 g/mol. The van der Waals surface area contributed by atoms with Crippen molar-refractivity contribution in [3.05, 3.63) is 64.7 Å².